The van der Waals surface area contributed by atoms with E-state index in [1.165, 1.54) is 19.3 Å². The average Bonchev–Trinajstić information content (AvgIpc) is 2.98. The molecule has 2 aliphatic carbocycles. The van der Waals surface area contributed by atoms with E-state index in [0.29, 0.717) is 5.41 Å². The van der Waals surface area contributed by atoms with Crippen molar-refractivity contribution in [3.05, 3.63) is 35.9 Å². The fourth-order valence-corrected chi connectivity index (χ4v) is 2.76. The highest BCUT2D eigenvalue weighted by atomic mass is 14.6. The van der Waals surface area contributed by atoms with Gasteiger partial charge < -0.3 is 0 Å². The second kappa shape index (κ2) is 2.37. The molecule has 2 aliphatic rings. The molecule has 3 rings (SSSR count). The molecule has 0 bridgehead atoms. The molecule has 1 unspecified atom stereocenters. The first-order valence-corrected chi connectivity index (χ1v) is 5.36. The van der Waals surface area contributed by atoms with Crippen LogP contribution in [0.25, 0.3) is 0 Å². The minimum atomic E-state index is 0.682. The molecule has 0 aromatic heterocycles. The van der Waals surface area contributed by atoms with E-state index in [2.05, 4.69) is 37.3 Å². The monoisotopic (exact) mass is 172 g/mol. The SMILES string of the molecule is CC1(C2CC2)C[C@H]1c1ccccc1. The topological polar surface area (TPSA) is 0 Å². The van der Waals surface area contributed by atoms with Crippen molar-refractivity contribution >= 4 is 0 Å². The summed E-state index contributed by atoms with van der Waals surface area (Å²) in [4.78, 5) is 0. The van der Waals surface area contributed by atoms with Gasteiger partial charge in [-0.05, 0) is 42.1 Å². The summed E-state index contributed by atoms with van der Waals surface area (Å²) in [6.45, 7) is 2.47. The smallest absolute Gasteiger partial charge is 0.00996 e. The van der Waals surface area contributed by atoms with Crippen LogP contribution in [0.1, 0.15) is 37.7 Å². The second-order valence-electron chi connectivity index (χ2n) is 4.95. The summed E-state index contributed by atoms with van der Waals surface area (Å²) in [6.07, 6.45) is 4.40. The van der Waals surface area contributed by atoms with Crippen molar-refractivity contribution in [2.45, 2.75) is 32.1 Å². The van der Waals surface area contributed by atoms with E-state index in [0.717, 1.165) is 11.8 Å². The summed E-state index contributed by atoms with van der Waals surface area (Å²) >= 11 is 0. The Kier molecular flexibility index (Phi) is 1.39. The largest absolute Gasteiger partial charge is 0.0622 e. The van der Waals surface area contributed by atoms with Gasteiger partial charge >= 0.3 is 0 Å². The zero-order chi connectivity index (χ0) is 8.89. The van der Waals surface area contributed by atoms with Gasteiger partial charge in [-0.3, -0.25) is 0 Å². The van der Waals surface area contributed by atoms with Gasteiger partial charge in [0.15, 0.2) is 0 Å². The summed E-state index contributed by atoms with van der Waals surface area (Å²) in [6, 6.07) is 11.0. The molecule has 2 fully saturated rings. The Balaban J connectivity index is 1.83. The summed E-state index contributed by atoms with van der Waals surface area (Å²) in [5.74, 6) is 1.93. The van der Waals surface area contributed by atoms with Gasteiger partial charge in [-0.15, -0.1) is 0 Å². The first-order chi connectivity index (χ1) is 6.31. The maximum absolute atomic E-state index is 2.47. The summed E-state index contributed by atoms with van der Waals surface area (Å²) in [7, 11) is 0. The Labute approximate surface area is 80.0 Å². The van der Waals surface area contributed by atoms with Gasteiger partial charge in [-0.2, -0.15) is 0 Å². The van der Waals surface area contributed by atoms with Crippen molar-refractivity contribution < 1.29 is 0 Å². The van der Waals surface area contributed by atoms with Crippen LogP contribution in [0.3, 0.4) is 0 Å². The summed E-state index contributed by atoms with van der Waals surface area (Å²) < 4.78 is 0. The zero-order valence-electron chi connectivity index (χ0n) is 8.16. The minimum Gasteiger partial charge on any atom is -0.0622 e. The maximum Gasteiger partial charge on any atom is -0.00996 e. The molecule has 2 atom stereocenters. The van der Waals surface area contributed by atoms with Gasteiger partial charge in [0.25, 0.3) is 0 Å². The Hall–Kier alpha value is -0.780. The van der Waals surface area contributed by atoms with Crippen molar-refractivity contribution in [1.82, 2.24) is 0 Å². The number of rotatable bonds is 2. The van der Waals surface area contributed by atoms with Gasteiger partial charge in [0.05, 0.1) is 0 Å². The lowest BCUT2D eigenvalue weighted by Crippen LogP contribution is -1.99. The fourth-order valence-electron chi connectivity index (χ4n) is 2.76. The van der Waals surface area contributed by atoms with Gasteiger partial charge in [-0.1, -0.05) is 37.3 Å². The maximum atomic E-state index is 2.47. The van der Waals surface area contributed by atoms with Crippen LogP contribution in [-0.4, -0.2) is 0 Å². The Morgan fingerprint density at radius 1 is 1.15 bits per heavy atom. The lowest BCUT2D eigenvalue weighted by molar-refractivity contribution is 0.472. The molecule has 0 spiro atoms. The van der Waals surface area contributed by atoms with E-state index in [9.17, 15) is 0 Å². The van der Waals surface area contributed by atoms with Crippen LogP contribution in [0.2, 0.25) is 0 Å². The minimum absolute atomic E-state index is 0.682. The molecule has 0 saturated heterocycles. The average molecular weight is 172 g/mol. The van der Waals surface area contributed by atoms with Crippen LogP contribution in [0.5, 0.6) is 0 Å². The van der Waals surface area contributed by atoms with E-state index in [4.69, 9.17) is 0 Å². The van der Waals surface area contributed by atoms with Crippen LogP contribution >= 0.6 is 0 Å². The highest BCUT2D eigenvalue weighted by molar-refractivity contribution is 5.30. The standard InChI is InChI=1S/C13H16/c1-13(11-7-8-11)9-12(13)10-5-3-2-4-6-10/h2-6,11-12H,7-9H2,1H3/t12-,13?/m0/s1. The van der Waals surface area contributed by atoms with Crippen LogP contribution in [0.4, 0.5) is 0 Å². The number of hydrogen-bond acceptors (Lipinski definition) is 0. The van der Waals surface area contributed by atoms with E-state index in [1.807, 2.05) is 0 Å². The number of hydrogen-bond donors (Lipinski definition) is 0. The molecule has 1 aromatic carbocycles. The molecule has 0 aliphatic heterocycles. The normalized spacial score (nSPS) is 37.5. The summed E-state index contributed by atoms with van der Waals surface area (Å²) in [5, 5.41) is 0. The van der Waals surface area contributed by atoms with E-state index >= 15 is 0 Å². The van der Waals surface area contributed by atoms with Crippen molar-refractivity contribution in [3.63, 3.8) is 0 Å². The molecule has 0 heteroatoms. The highest BCUT2D eigenvalue weighted by Crippen LogP contribution is 2.69. The predicted molar refractivity (Wildman–Crippen MR) is 54.6 cm³/mol. The third-order valence-corrected chi connectivity index (χ3v) is 3.99. The molecule has 13 heavy (non-hydrogen) atoms. The third-order valence-electron chi connectivity index (χ3n) is 3.99. The molecule has 68 valence electrons. The summed E-state index contributed by atoms with van der Waals surface area (Å²) in [5.41, 5.74) is 2.25. The van der Waals surface area contributed by atoms with Crippen LogP contribution < -0.4 is 0 Å². The highest BCUT2D eigenvalue weighted by Gasteiger charge is 2.58. The fraction of sp³-hybridized carbons (Fsp3) is 0.538. The molecule has 0 N–H and O–H groups in total. The van der Waals surface area contributed by atoms with Crippen LogP contribution in [0, 0.1) is 11.3 Å². The molecule has 0 radical (unpaired) electrons. The molecule has 0 nitrogen and oxygen atoms in total. The molecule has 2 saturated carbocycles. The van der Waals surface area contributed by atoms with Crippen molar-refractivity contribution in [2.24, 2.45) is 11.3 Å². The lowest BCUT2D eigenvalue weighted by atomic mass is 9.96. The number of benzene rings is 1. The first-order valence-electron chi connectivity index (χ1n) is 5.36. The molecular weight excluding hydrogens is 156 g/mol. The predicted octanol–water partition coefficient (Wildman–Crippen LogP) is 3.59. The van der Waals surface area contributed by atoms with Crippen LogP contribution in [0.15, 0.2) is 30.3 Å². The molecule has 0 amide bonds. The van der Waals surface area contributed by atoms with E-state index in [1.54, 1.807) is 5.56 Å². The molecule has 1 aromatic rings. The quantitative estimate of drug-likeness (QED) is 0.639. The van der Waals surface area contributed by atoms with Crippen LogP contribution in [-0.2, 0) is 0 Å². The van der Waals surface area contributed by atoms with Crippen molar-refractivity contribution in [3.8, 4) is 0 Å². The Morgan fingerprint density at radius 2 is 1.85 bits per heavy atom. The van der Waals surface area contributed by atoms with Gasteiger partial charge in [-0.25, -0.2) is 0 Å². The molecule has 0 heterocycles. The zero-order valence-corrected chi connectivity index (χ0v) is 8.16. The third kappa shape index (κ3) is 1.12. The lowest BCUT2D eigenvalue weighted by Gasteiger charge is -2.08. The van der Waals surface area contributed by atoms with Crippen molar-refractivity contribution in [1.29, 1.82) is 0 Å². The Bertz CT molecular complexity index is 310. The van der Waals surface area contributed by atoms with Crippen molar-refractivity contribution in [2.75, 3.05) is 0 Å². The second-order valence-corrected chi connectivity index (χ2v) is 4.95. The van der Waals surface area contributed by atoms with E-state index in [-0.39, 0.29) is 0 Å². The molecular formula is C13H16. The first kappa shape index (κ1) is 7.61. The van der Waals surface area contributed by atoms with Gasteiger partial charge in [0, 0.05) is 0 Å². The van der Waals surface area contributed by atoms with Gasteiger partial charge in [0.1, 0.15) is 0 Å². The van der Waals surface area contributed by atoms with E-state index < -0.39 is 0 Å². The Morgan fingerprint density at radius 3 is 2.46 bits per heavy atom. The van der Waals surface area contributed by atoms with Gasteiger partial charge in [0.2, 0.25) is 0 Å².